The van der Waals surface area contributed by atoms with E-state index >= 15 is 0 Å². The van der Waals surface area contributed by atoms with Crippen molar-refractivity contribution in [1.29, 1.82) is 0 Å². The fourth-order valence-electron chi connectivity index (χ4n) is 2.02. The van der Waals surface area contributed by atoms with Gasteiger partial charge in [0.05, 0.1) is 12.4 Å². The summed E-state index contributed by atoms with van der Waals surface area (Å²) in [4.78, 5) is 0. The number of halogens is 2. The quantitative estimate of drug-likeness (QED) is 0.324. The van der Waals surface area contributed by atoms with Crippen molar-refractivity contribution in [1.82, 2.24) is 0 Å². The molecule has 152 valence electrons. The summed E-state index contributed by atoms with van der Waals surface area (Å²) in [6.07, 6.45) is 2.41. The van der Waals surface area contributed by atoms with Crippen LogP contribution in [0.3, 0.4) is 0 Å². The van der Waals surface area contributed by atoms with Crippen LogP contribution in [0.2, 0.25) is 13.1 Å². The van der Waals surface area contributed by atoms with E-state index in [0.717, 1.165) is 0 Å². The lowest BCUT2D eigenvalue weighted by Crippen LogP contribution is -2.43. The Hall–Kier alpha value is -3.60. The SMILES string of the molecule is C[Si](C)(O/C(N)=N/N=C/c1ccccc1F)O/C(N)=N/N=C/c1ccccc1F. The molecule has 8 nitrogen and oxygen atoms in total. The molecule has 0 saturated heterocycles. The van der Waals surface area contributed by atoms with Crippen LogP contribution < -0.4 is 11.5 Å². The van der Waals surface area contributed by atoms with Crippen LogP contribution in [-0.2, 0) is 8.85 Å². The highest BCUT2D eigenvalue weighted by Gasteiger charge is 2.31. The van der Waals surface area contributed by atoms with Crippen LogP contribution >= 0.6 is 0 Å². The Morgan fingerprint density at radius 3 is 1.55 bits per heavy atom. The molecule has 4 N–H and O–H groups in total. The lowest BCUT2D eigenvalue weighted by Gasteiger charge is -2.22. The molecule has 2 aromatic carbocycles. The van der Waals surface area contributed by atoms with E-state index in [1.807, 2.05) is 0 Å². The molecule has 0 radical (unpaired) electrons. The molecule has 0 aliphatic rings. The van der Waals surface area contributed by atoms with Crippen LogP contribution in [0.5, 0.6) is 0 Å². The third-order valence-corrected chi connectivity index (χ3v) is 4.62. The van der Waals surface area contributed by atoms with E-state index in [4.69, 9.17) is 20.3 Å². The molecule has 0 amide bonds. The summed E-state index contributed by atoms with van der Waals surface area (Å²) in [5.74, 6) is -0.882. The van der Waals surface area contributed by atoms with Gasteiger partial charge in [-0.05, 0) is 12.1 Å². The van der Waals surface area contributed by atoms with Crippen molar-refractivity contribution in [3.05, 3.63) is 71.3 Å². The van der Waals surface area contributed by atoms with Crippen molar-refractivity contribution in [2.24, 2.45) is 31.9 Å². The van der Waals surface area contributed by atoms with Crippen LogP contribution in [0, 0.1) is 11.6 Å². The average Bonchev–Trinajstić information content (AvgIpc) is 2.64. The Balaban J connectivity index is 1.94. The fraction of sp³-hybridized carbons (Fsp3) is 0.111. The molecule has 0 fully saturated rings. The first-order valence-corrected chi connectivity index (χ1v) is 11.2. The van der Waals surface area contributed by atoms with E-state index in [2.05, 4.69) is 20.4 Å². The van der Waals surface area contributed by atoms with Crippen LogP contribution in [0.4, 0.5) is 8.78 Å². The predicted octanol–water partition coefficient (Wildman–Crippen LogP) is 2.70. The summed E-state index contributed by atoms with van der Waals surface area (Å²) in [5, 5.41) is 14.6. The van der Waals surface area contributed by atoms with Gasteiger partial charge in [-0.2, -0.15) is 10.2 Å². The van der Waals surface area contributed by atoms with Gasteiger partial charge in [-0.3, -0.25) is 0 Å². The van der Waals surface area contributed by atoms with Gasteiger partial charge in [-0.25, -0.2) is 8.78 Å². The number of benzene rings is 2. The number of hydrogen-bond acceptors (Lipinski definition) is 6. The number of nitrogens with two attached hydrogens (primary N) is 2. The molecule has 0 heterocycles. The Labute approximate surface area is 167 Å². The zero-order valence-electron chi connectivity index (χ0n) is 15.8. The van der Waals surface area contributed by atoms with Gasteiger partial charge in [0.25, 0.3) is 12.0 Å². The number of hydrogen-bond donors (Lipinski definition) is 2. The molecular weight excluding hydrogens is 398 g/mol. The number of amidine groups is 2. The van der Waals surface area contributed by atoms with E-state index in [9.17, 15) is 8.78 Å². The van der Waals surface area contributed by atoms with Crippen molar-refractivity contribution in [3.63, 3.8) is 0 Å². The maximum absolute atomic E-state index is 13.5. The van der Waals surface area contributed by atoms with Gasteiger partial charge in [-0.15, -0.1) is 0 Å². The molecule has 2 rings (SSSR count). The van der Waals surface area contributed by atoms with E-state index in [1.54, 1.807) is 37.4 Å². The first-order valence-electron chi connectivity index (χ1n) is 8.37. The highest BCUT2D eigenvalue weighted by Crippen LogP contribution is 2.07. The fourth-order valence-corrected chi connectivity index (χ4v) is 3.15. The van der Waals surface area contributed by atoms with Crippen LogP contribution in [-0.4, -0.2) is 33.0 Å². The molecule has 0 aromatic heterocycles. The average molecular weight is 418 g/mol. The second-order valence-corrected chi connectivity index (χ2v) is 9.22. The van der Waals surface area contributed by atoms with E-state index in [-0.39, 0.29) is 23.2 Å². The lowest BCUT2D eigenvalue weighted by molar-refractivity contribution is 0.379. The third kappa shape index (κ3) is 7.50. The molecule has 0 aliphatic heterocycles. The summed E-state index contributed by atoms with van der Waals surface area (Å²) >= 11 is 0. The van der Waals surface area contributed by atoms with Crippen molar-refractivity contribution >= 4 is 33.0 Å². The van der Waals surface area contributed by atoms with Gasteiger partial charge >= 0.3 is 8.56 Å². The van der Waals surface area contributed by atoms with Gasteiger partial charge < -0.3 is 20.3 Å². The number of nitrogens with zero attached hydrogens (tertiary/aromatic N) is 4. The zero-order valence-corrected chi connectivity index (χ0v) is 16.8. The summed E-state index contributed by atoms with van der Waals surface area (Å²) in [6, 6.07) is 11.5. The molecule has 0 bridgehead atoms. The normalized spacial score (nSPS) is 13.2. The number of rotatable bonds is 6. The Morgan fingerprint density at radius 2 is 1.17 bits per heavy atom. The van der Waals surface area contributed by atoms with Gasteiger partial charge in [0.1, 0.15) is 11.6 Å². The smallest absolute Gasteiger partial charge is 0.458 e. The zero-order chi connectivity index (χ0) is 21.3. The largest absolute Gasteiger partial charge is 0.483 e. The van der Waals surface area contributed by atoms with E-state index in [1.165, 1.54) is 36.7 Å². The van der Waals surface area contributed by atoms with Crippen molar-refractivity contribution in [2.75, 3.05) is 0 Å². The molecule has 0 atom stereocenters. The van der Waals surface area contributed by atoms with Gasteiger partial charge in [-0.1, -0.05) is 46.6 Å². The van der Waals surface area contributed by atoms with Crippen molar-refractivity contribution in [2.45, 2.75) is 13.1 Å². The maximum Gasteiger partial charge on any atom is 0.458 e. The summed E-state index contributed by atoms with van der Waals surface area (Å²) in [7, 11) is -2.92. The maximum atomic E-state index is 13.5. The van der Waals surface area contributed by atoms with Crippen LogP contribution in [0.25, 0.3) is 0 Å². The first-order chi connectivity index (χ1) is 13.8. The van der Waals surface area contributed by atoms with Crippen molar-refractivity contribution < 1.29 is 17.6 Å². The molecule has 0 unspecified atom stereocenters. The summed E-state index contributed by atoms with van der Waals surface area (Å²) in [5.41, 5.74) is 11.8. The molecule has 2 aromatic rings. The minimum absolute atomic E-state index is 0.251. The standard InChI is InChI=1S/C18H20F2N6O2Si/c1-29(2,27-17(21)25-23-11-13-7-3-5-9-15(13)19)28-18(22)26-24-12-14-8-4-6-10-16(14)20/h3-12H,1-2H3,(H2,21,25)(H2,22,26)/b23-11+,24-12+. The second kappa shape index (κ2) is 10.1. The van der Waals surface area contributed by atoms with Crippen LogP contribution in [0.1, 0.15) is 11.1 Å². The topological polar surface area (TPSA) is 120 Å². The molecule has 11 heteroatoms. The molecule has 29 heavy (non-hydrogen) atoms. The van der Waals surface area contributed by atoms with Gasteiger partial charge in [0.2, 0.25) is 0 Å². The lowest BCUT2D eigenvalue weighted by atomic mass is 10.2. The third-order valence-electron chi connectivity index (χ3n) is 3.22. The molecule has 0 saturated carbocycles. The minimum atomic E-state index is -2.92. The molecule has 0 aliphatic carbocycles. The van der Waals surface area contributed by atoms with Crippen LogP contribution in [0.15, 0.2) is 68.9 Å². The predicted molar refractivity (Wildman–Crippen MR) is 111 cm³/mol. The first kappa shape index (κ1) is 21.7. The Kier molecular flexibility index (Phi) is 7.54. The second-order valence-electron chi connectivity index (χ2n) is 6.01. The summed E-state index contributed by atoms with van der Waals surface area (Å²) < 4.78 is 37.8. The minimum Gasteiger partial charge on any atom is -0.483 e. The Morgan fingerprint density at radius 1 is 0.793 bits per heavy atom. The molecule has 0 spiro atoms. The van der Waals surface area contributed by atoms with E-state index in [0.29, 0.717) is 0 Å². The highest BCUT2D eigenvalue weighted by molar-refractivity contribution is 6.67. The highest BCUT2D eigenvalue weighted by atomic mass is 28.4. The van der Waals surface area contributed by atoms with Gasteiger partial charge in [0.15, 0.2) is 0 Å². The summed E-state index contributed by atoms with van der Waals surface area (Å²) in [6.45, 7) is 3.28. The Bertz CT molecular complexity index is 887. The van der Waals surface area contributed by atoms with Gasteiger partial charge in [0, 0.05) is 24.2 Å². The monoisotopic (exact) mass is 418 g/mol. The van der Waals surface area contributed by atoms with E-state index < -0.39 is 20.2 Å². The van der Waals surface area contributed by atoms with Crippen molar-refractivity contribution in [3.8, 4) is 0 Å². The molecular formula is C18H20F2N6O2Si.